The Kier molecular flexibility index (Phi) is 5.97. The van der Waals surface area contributed by atoms with Gasteiger partial charge >= 0.3 is 0 Å². The van der Waals surface area contributed by atoms with Gasteiger partial charge in [-0.15, -0.1) is 0 Å². The van der Waals surface area contributed by atoms with Gasteiger partial charge in [-0.25, -0.2) is 13.8 Å². The summed E-state index contributed by atoms with van der Waals surface area (Å²) in [5, 5.41) is 11.9. The zero-order valence-corrected chi connectivity index (χ0v) is 17.7. The minimum Gasteiger partial charge on any atom is -0.340 e. The predicted octanol–water partition coefficient (Wildman–Crippen LogP) is 5.34. The lowest BCUT2D eigenvalue weighted by Gasteiger charge is -2.23. The van der Waals surface area contributed by atoms with Gasteiger partial charge in [-0.1, -0.05) is 36.7 Å². The normalized spacial score (nSPS) is 17.0. The van der Waals surface area contributed by atoms with Crippen LogP contribution in [0.15, 0.2) is 71.7 Å². The Morgan fingerprint density at radius 1 is 1.25 bits per heavy atom. The van der Waals surface area contributed by atoms with E-state index in [0.29, 0.717) is 22.3 Å². The minimum atomic E-state index is -0.855. The number of hydrogen-bond donors (Lipinski definition) is 1. The number of rotatable bonds is 4. The number of carbonyl (C=O) groups excluding carboxylic acids is 1. The average Bonchev–Trinajstić information content (AvgIpc) is 2.78. The number of carbonyl (C=O) groups is 1. The number of allylic oxidation sites excluding steroid dienone is 3. The van der Waals surface area contributed by atoms with Gasteiger partial charge in [0.2, 0.25) is 5.91 Å². The Morgan fingerprint density at radius 3 is 2.69 bits per heavy atom. The van der Waals surface area contributed by atoms with Crippen molar-refractivity contribution in [2.75, 3.05) is 0 Å². The van der Waals surface area contributed by atoms with Gasteiger partial charge in [-0.2, -0.15) is 5.26 Å². The van der Waals surface area contributed by atoms with Crippen LogP contribution in [0.3, 0.4) is 0 Å². The number of nitrogens with one attached hydrogen (secondary N) is 1. The van der Waals surface area contributed by atoms with Crippen molar-refractivity contribution in [3.8, 4) is 6.07 Å². The number of benzene rings is 2. The third kappa shape index (κ3) is 4.23. The molecule has 0 aliphatic heterocycles. The van der Waals surface area contributed by atoms with Crippen molar-refractivity contribution in [3.05, 3.63) is 93.8 Å². The van der Waals surface area contributed by atoms with Crippen LogP contribution < -0.4 is 5.32 Å². The fourth-order valence-corrected chi connectivity index (χ4v) is 3.75. The van der Waals surface area contributed by atoms with Crippen LogP contribution in [0.5, 0.6) is 0 Å². The maximum Gasteiger partial charge on any atom is 0.248 e. The Bertz CT molecular complexity index is 1330. The molecule has 0 fully saturated rings. The highest BCUT2D eigenvalue weighted by Crippen LogP contribution is 2.31. The van der Waals surface area contributed by atoms with Crippen LogP contribution in [-0.4, -0.2) is 15.9 Å². The standard InChI is InChI=1S/C24H17ClF2N4O/c1-13-8-15(10-18(26)16(13)11-28)24(32)31-23(14-6-7-17(25)19(27)9-14)22-12-29-20-4-2-3-5-21(20)30-22/h2-7,9-10,12-13,23H,8H2,1H3,(H,31,32)/t13?,23-/m0/s1. The largest absolute Gasteiger partial charge is 0.340 e. The lowest BCUT2D eigenvalue weighted by atomic mass is 9.88. The molecule has 1 amide bonds. The molecule has 8 heteroatoms. The van der Waals surface area contributed by atoms with Gasteiger partial charge in [0, 0.05) is 5.57 Å². The fraction of sp³-hybridized carbons (Fsp3) is 0.167. The molecule has 2 aromatic carbocycles. The van der Waals surface area contributed by atoms with Crippen LogP contribution >= 0.6 is 11.6 Å². The molecule has 0 saturated heterocycles. The van der Waals surface area contributed by atoms with Crippen LogP contribution in [0.4, 0.5) is 8.78 Å². The van der Waals surface area contributed by atoms with Gasteiger partial charge in [0.25, 0.3) is 0 Å². The summed E-state index contributed by atoms with van der Waals surface area (Å²) >= 11 is 5.82. The Morgan fingerprint density at radius 2 is 2.00 bits per heavy atom. The van der Waals surface area contributed by atoms with E-state index in [4.69, 9.17) is 16.9 Å². The van der Waals surface area contributed by atoms with Crippen LogP contribution in [0.1, 0.15) is 30.6 Å². The number of para-hydroxylation sites is 2. The molecule has 1 aromatic heterocycles. The average molecular weight is 451 g/mol. The van der Waals surface area contributed by atoms with Crippen molar-refractivity contribution >= 4 is 28.5 Å². The summed E-state index contributed by atoms with van der Waals surface area (Å²) in [7, 11) is 0. The quantitative estimate of drug-likeness (QED) is 0.581. The number of fused-ring (bicyclic) bond motifs is 1. The van der Waals surface area contributed by atoms with E-state index in [1.165, 1.54) is 18.3 Å². The molecule has 0 radical (unpaired) electrons. The molecular weight excluding hydrogens is 434 g/mol. The van der Waals surface area contributed by atoms with E-state index < -0.39 is 29.5 Å². The Balaban J connectivity index is 1.74. The zero-order chi connectivity index (χ0) is 22.8. The van der Waals surface area contributed by atoms with E-state index in [9.17, 15) is 13.6 Å². The first-order valence-corrected chi connectivity index (χ1v) is 10.2. The maximum absolute atomic E-state index is 14.3. The number of nitrogens with zero attached hydrogens (tertiary/aromatic N) is 3. The summed E-state index contributed by atoms with van der Waals surface area (Å²) in [6.07, 6.45) is 2.78. The van der Waals surface area contributed by atoms with Gasteiger partial charge in [0.15, 0.2) is 0 Å². The third-order valence-corrected chi connectivity index (χ3v) is 5.61. The Labute approximate surface area is 188 Å². The van der Waals surface area contributed by atoms with Gasteiger partial charge < -0.3 is 5.32 Å². The first-order chi connectivity index (χ1) is 15.4. The summed E-state index contributed by atoms with van der Waals surface area (Å²) in [5.41, 5.74) is 2.26. The van der Waals surface area contributed by atoms with Crippen molar-refractivity contribution < 1.29 is 13.6 Å². The van der Waals surface area contributed by atoms with E-state index in [0.717, 1.165) is 6.08 Å². The molecule has 0 spiro atoms. The van der Waals surface area contributed by atoms with Crippen molar-refractivity contribution in [3.63, 3.8) is 0 Å². The van der Waals surface area contributed by atoms with Crippen molar-refractivity contribution in [2.45, 2.75) is 19.4 Å². The third-order valence-electron chi connectivity index (χ3n) is 5.30. The number of hydrogen-bond acceptors (Lipinski definition) is 4. The van der Waals surface area contributed by atoms with Crippen LogP contribution in [0.2, 0.25) is 5.02 Å². The second kappa shape index (κ2) is 8.85. The maximum atomic E-state index is 14.3. The molecule has 160 valence electrons. The molecule has 4 rings (SSSR count). The molecule has 2 atom stereocenters. The van der Waals surface area contributed by atoms with Gasteiger partial charge in [-0.3, -0.25) is 9.78 Å². The Hall–Kier alpha value is -3.63. The molecule has 0 saturated carbocycles. The predicted molar refractivity (Wildman–Crippen MR) is 117 cm³/mol. The van der Waals surface area contributed by atoms with Gasteiger partial charge in [0.05, 0.1) is 45.6 Å². The number of aromatic nitrogens is 2. The molecule has 1 aliphatic carbocycles. The highest BCUT2D eigenvalue weighted by atomic mass is 35.5. The van der Waals surface area contributed by atoms with E-state index in [1.54, 1.807) is 25.1 Å². The van der Waals surface area contributed by atoms with Crippen LogP contribution in [-0.2, 0) is 4.79 Å². The summed E-state index contributed by atoms with van der Waals surface area (Å²) in [5.74, 6) is -2.34. The smallest absolute Gasteiger partial charge is 0.248 e. The van der Waals surface area contributed by atoms with Crippen molar-refractivity contribution in [1.29, 1.82) is 5.26 Å². The number of halogens is 3. The first kappa shape index (κ1) is 21.6. The molecule has 5 nitrogen and oxygen atoms in total. The highest BCUT2D eigenvalue weighted by Gasteiger charge is 2.27. The molecule has 3 aromatic rings. The van der Waals surface area contributed by atoms with E-state index in [-0.39, 0.29) is 22.6 Å². The van der Waals surface area contributed by atoms with E-state index in [2.05, 4.69) is 15.3 Å². The lowest BCUT2D eigenvalue weighted by Crippen LogP contribution is -2.32. The van der Waals surface area contributed by atoms with E-state index >= 15 is 0 Å². The zero-order valence-electron chi connectivity index (χ0n) is 16.9. The highest BCUT2D eigenvalue weighted by molar-refractivity contribution is 6.30. The molecule has 0 bridgehead atoms. The second-order valence-corrected chi connectivity index (χ2v) is 7.92. The SMILES string of the molecule is CC1CC(C(=O)N[C@@H](c2ccc(Cl)c(F)c2)c2cnc3ccccc3n2)=CC(F)=C1C#N. The molecular formula is C24H17ClF2N4O. The molecule has 1 unspecified atom stereocenters. The first-order valence-electron chi connectivity index (χ1n) is 9.85. The monoisotopic (exact) mass is 450 g/mol. The molecule has 1 aliphatic rings. The van der Waals surface area contributed by atoms with Gasteiger partial charge in [0.1, 0.15) is 11.6 Å². The second-order valence-electron chi connectivity index (χ2n) is 7.51. The van der Waals surface area contributed by atoms with Crippen molar-refractivity contribution in [1.82, 2.24) is 15.3 Å². The topological polar surface area (TPSA) is 78.7 Å². The molecule has 1 heterocycles. The molecule has 1 N–H and O–H groups in total. The van der Waals surface area contributed by atoms with Crippen LogP contribution in [0.25, 0.3) is 11.0 Å². The van der Waals surface area contributed by atoms with Gasteiger partial charge in [-0.05, 0) is 48.2 Å². The number of nitriles is 1. The fourth-order valence-electron chi connectivity index (χ4n) is 3.63. The summed E-state index contributed by atoms with van der Waals surface area (Å²) in [6.45, 7) is 1.68. The summed E-state index contributed by atoms with van der Waals surface area (Å²) < 4.78 is 28.5. The van der Waals surface area contributed by atoms with E-state index in [1.807, 2.05) is 18.2 Å². The molecule has 32 heavy (non-hydrogen) atoms. The summed E-state index contributed by atoms with van der Waals surface area (Å²) in [4.78, 5) is 22.0. The van der Waals surface area contributed by atoms with Crippen molar-refractivity contribution in [2.24, 2.45) is 5.92 Å². The minimum absolute atomic E-state index is 0.0123. The summed E-state index contributed by atoms with van der Waals surface area (Å²) in [6, 6.07) is 12.4. The lowest BCUT2D eigenvalue weighted by molar-refractivity contribution is -0.118. The number of amides is 1. The van der Waals surface area contributed by atoms with Crippen LogP contribution in [0, 0.1) is 23.1 Å².